The van der Waals surface area contributed by atoms with Gasteiger partial charge in [-0.15, -0.1) is 11.3 Å². The molecule has 154 valence electrons. The van der Waals surface area contributed by atoms with Gasteiger partial charge in [0.15, 0.2) is 0 Å². The maximum absolute atomic E-state index is 12.7. The van der Waals surface area contributed by atoms with Crippen LogP contribution in [0.25, 0.3) is 0 Å². The Morgan fingerprint density at radius 1 is 1.17 bits per heavy atom. The smallest absolute Gasteiger partial charge is 0.348 e. The highest BCUT2D eigenvalue weighted by Gasteiger charge is 2.34. The van der Waals surface area contributed by atoms with Crippen molar-refractivity contribution in [2.45, 2.75) is 39.8 Å². The third-order valence-corrected chi connectivity index (χ3v) is 5.70. The number of thiophene rings is 1. The fourth-order valence-electron chi connectivity index (χ4n) is 3.01. The molecule has 1 atom stereocenters. The largest absolute Gasteiger partial charge is 0.462 e. The first-order chi connectivity index (χ1) is 14.0. The Kier molecular flexibility index (Phi) is 6.53. The molecule has 0 bridgehead atoms. The van der Waals surface area contributed by atoms with Gasteiger partial charge in [0.05, 0.1) is 24.3 Å². The molecule has 7 nitrogen and oxygen atoms in total. The maximum Gasteiger partial charge on any atom is 0.348 e. The molecular weight excluding hydrogens is 394 g/mol. The summed E-state index contributed by atoms with van der Waals surface area (Å²) in [6.07, 6.45) is 0.883. The van der Waals surface area contributed by atoms with E-state index in [0.717, 1.165) is 24.2 Å². The molecule has 0 radical (unpaired) electrons. The molecule has 29 heavy (non-hydrogen) atoms. The molecule has 0 saturated carbocycles. The van der Waals surface area contributed by atoms with Crippen molar-refractivity contribution in [2.75, 3.05) is 18.5 Å². The number of ether oxygens (including phenoxy) is 3. The minimum absolute atomic E-state index is 0.225. The van der Waals surface area contributed by atoms with Crippen molar-refractivity contribution in [2.24, 2.45) is 0 Å². The van der Waals surface area contributed by atoms with Gasteiger partial charge in [0.25, 0.3) is 0 Å². The number of rotatable bonds is 8. The summed E-state index contributed by atoms with van der Waals surface area (Å²) in [4.78, 5) is 37.5. The van der Waals surface area contributed by atoms with Gasteiger partial charge in [-0.05, 0) is 31.9 Å². The third kappa shape index (κ3) is 4.27. The van der Waals surface area contributed by atoms with E-state index in [4.69, 9.17) is 14.2 Å². The van der Waals surface area contributed by atoms with Crippen molar-refractivity contribution < 1.29 is 28.6 Å². The minimum Gasteiger partial charge on any atom is -0.462 e. The second-order valence-corrected chi connectivity index (χ2v) is 7.51. The Morgan fingerprint density at radius 2 is 1.93 bits per heavy atom. The van der Waals surface area contributed by atoms with Gasteiger partial charge in [-0.1, -0.05) is 31.5 Å². The van der Waals surface area contributed by atoms with Crippen LogP contribution in [0.1, 0.15) is 74.4 Å². The zero-order chi connectivity index (χ0) is 21.0. The standard InChI is InChI=1S/C21H23NO6S/c1-4-6-11-27-20(24)15-12(3)16(21(25)26-5-2)29-18(15)22-17-13-9-7-8-10-14(13)19(23)28-17/h7-10,17,22H,4-6,11H2,1-3H3. The first kappa shape index (κ1) is 20.9. The number of carbonyl (C=O) groups excluding carboxylic acids is 3. The lowest BCUT2D eigenvalue weighted by Crippen LogP contribution is -2.14. The molecule has 8 heteroatoms. The lowest BCUT2D eigenvalue weighted by molar-refractivity contribution is 0.0436. The van der Waals surface area contributed by atoms with E-state index in [0.29, 0.717) is 33.2 Å². The number of fused-ring (bicyclic) bond motifs is 1. The van der Waals surface area contributed by atoms with Crippen LogP contribution in [0.5, 0.6) is 0 Å². The highest BCUT2D eigenvalue weighted by molar-refractivity contribution is 7.18. The van der Waals surface area contributed by atoms with E-state index >= 15 is 0 Å². The van der Waals surface area contributed by atoms with Gasteiger partial charge >= 0.3 is 17.9 Å². The molecule has 3 rings (SSSR count). The van der Waals surface area contributed by atoms with Gasteiger partial charge < -0.3 is 19.5 Å². The zero-order valence-electron chi connectivity index (χ0n) is 16.6. The summed E-state index contributed by atoms with van der Waals surface area (Å²) in [6.45, 7) is 5.91. The molecule has 2 heterocycles. The number of esters is 3. The molecule has 1 aliphatic rings. The van der Waals surface area contributed by atoms with Crippen molar-refractivity contribution >= 4 is 34.2 Å². The molecule has 1 aliphatic heterocycles. The Balaban J connectivity index is 1.94. The van der Waals surface area contributed by atoms with Gasteiger partial charge in [-0.25, -0.2) is 14.4 Å². The van der Waals surface area contributed by atoms with Crippen LogP contribution in [-0.2, 0) is 14.2 Å². The normalized spacial score (nSPS) is 14.9. The van der Waals surface area contributed by atoms with Crippen molar-refractivity contribution in [1.29, 1.82) is 0 Å². The highest BCUT2D eigenvalue weighted by Crippen LogP contribution is 2.39. The number of benzene rings is 1. The van der Waals surface area contributed by atoms with Crippen molar-refractivity contribution in [3.05, 3.63) is 51.4 Å². The maximum atomic E-state index is 12.7. The lowest BCUT2D eigenvalue weighted by Gasteiger charge is -2.14. The van der Waals surface area contributed by atoms with E-state index in [9.17, 15) is 14.4 Å². The monoisotopic (exact) mass is 417 g/mol. The average molecular weight is 417 g/mol. The third-order valence-electron chi connectivity index (χ3n) is 4.49. The van der Waals surface area contributed by atoms with Crippen LogP contribution in [0.15, 0.2) is 24.3 Å². The lowest BCUT2D eigenvalue weighted by atomic mass is 10.1. The van der Waals surface area contributed by atoms with Crippen molar-refractivity contribution in [1.82, 2.24) is 0 Å². The molecule has 0 aliphatic carbocycles. The average Bonchev–Trinajstić information content (AvgIpc) is 3.20. The van der Waals surface area contributed by atoms with Gasteiger partial charge in [-0.3, -0.25) is 0 Å². The first-order valence-electron chi connectivity index (χ1n) is 9.51. The van der Waals surface area contributed by atoms with Crippen molar-refractivity contribution in [3.63, 3.8) is 0 Å². The molecule has 0 spiro atoms. The number of hydrogen-bond acceptors (Lipinski definition) is 8. The van der Waals surface area contributed by atoms with E-state index in [-0.39, 0.29) is 12.2 Å². The molecular formula is C21H23NO6S. The summed E-state index contributed by atoms with van der Waals surface area (Å²) < 4.78 is 15.9. The van der Waals surface area contributed by atoms with Crippen LogP contribution < -0.4 is 5.32 Å². The number of hydrogen-bond donors (Lipinski definition) is 1. The summed E-state index contributed by atoms with van der Waals surface area (Å²) in [5, 5.41) is 3.50. The zero-order valence-corrected chi connectivity index (χ0v) is 17.4. The predicted molar refractivity (Wildman–Crippen MR) is 108 cm³/mol. The minimum atomic E-state index is -0.756. The van der Waals surface area contributed by atoms with E-state index in [1.165, 1.54) is 0 Å². The Labute approximate surface area is 173 Å². The fraction of sp³-hybridized carbons (Fsp3) is 0.381. The van der Waals surface area contributed by atoms with E-state index < -0.39 is 24.1 Å². The van der Waals surface area contributed by atoms with Crippen molar-refractivity contribution in [3.8, 4) is 0 Å². The molecule has 1 aromatic carbocycles. The SMILES string of the molecule is CCCCOC(=O)c1c(NC2OC(=O)c3ccccc32)sc(C(=O)OCC)c1C. The Morgan fingerprint density at radius 3 is 2.66 bits per heavy atom. The van der Waals surface area contributed by atoms with Crippen LogP contribution in [0, 0.1) is 6.92 Å². The van der Waals surface area contributed by atoms with Crippen LogP contribution in [0.4, 0.5) is 5.00 Å². The van der Waals surface area contributed by atoms with Crippen LogP contribution >= 0.6 is 11.3 Å². The summed E-state index contributed by atoms with van der Waals surface area (Å²) in [7, 11) is 0. The van der Waals surface area contributed by atoms with Crippen LogP contribution in [0.2, 0.25) is 0 Å². The summed E-state index contributed by atoms with van der Waals surface area (Å²) in [6, 6.07) is 7.03. The molecule has 0 saturated heterocycles. The number of cyclic esters (lactones) is 1. The van der Waals surface area contributed by atoms with Gasteiger partial charge in [0.2, 0.25) is 6.23 Å². The molecule has 2 aromatic rings. The highest BCUT2D eigenvalue weighted by atomic mass is 32.1. The molecule has 0 amide bonds. The number of nitrogens with one attached hydrogen (secondary N) is 1. The number of unbranched alkanes of at least 4 members (excludes halogenated alkanes) is 1. The molecule has 0 fully saturated rings. The number of carbonyl (C=O) groups is 3. The van der Waals surface area contributed by atoms with Gasteiger partial charge in [0, 0.05) is 5.56 Å². The van der Waals surface area contributed by atoms with E-state index in [1.807, 2.05) is 6.92 Å². The number of anilines is 1. The van der Waals surface area contributed by atoms with Crippen LogP contribution in [-0.4, -0.2) is 31.1 Å². The Hall–Kier alpha value is -2.87. The predicted octanol–water partition coefficient (Wildman–Crippen LogP) is 4.47. The Bertz CT molecular complexity index is 935. The second kappa shape index (κ2) is 9.09. The first-order valence-corrected chi connectivity index (χ1v) is 10.3. The molecule has 1 aromatic heterocycles. The van der Waals surface area contributed by atoms with Crippen LogP contribution in [0.3, 0.4) is 0 Å². The summed E-state index contributed by atoms with van der Waals surface area (Å²) in [5.41, 5.74) is 1.88. The van der Waals surface area contributed by atoms with Gasteiger partial charge in [-0.2, -0.15) is 0 Å². The van der Waals surface area contributed by atoms with E-state index in [2.05, 4.69) is 5.32 Å². The summed E-state index contributed by atoms with van der Waals surface area (Å²) in [5.74, 6) is -1.47. The second-order valence-electron chi connectivity index (χ2n) is 6.49. The quantitative estimate of drug-likeness (QED) is 0.385. The molecule has 1 N–H and O–H groups in total. The fourth-order valence-corrected chi connectivity index (χ4v) is 4.11. The van der Waals surface area contributed by atoms with E-state index in [1.54, 1.807) is 38.1 Å². The topological polar surface area (TPSA) is 90.9 Å². The van der Waals surface area contributed by atoms with Gasteiger partial charge in [0.1, 0.15) is 9.88 Å². The summed E-state index contributed by atoms with van der Waals surface area (Å²) >= 11 is 1.09. The molecule has 1 unspecified atom stereocenters.